The summed E-state index contributed by atoms with van der Waals surface area (Å²) in [5.41, 5.74) is 15.5. The third kappa shape index (κ3) is 9.27. The molecule has 2 aromatic carbocycles. The van der Waals surface area contributed by atoms with Crippen LogP contribution in [0.25, 0.3) is 16.0 Å². The Hall–Kier alpha value is -1.33. The molecule has 2 aromatic rings. The fraction of sp³-hybridized carbons (Fsp3) is 0. The van der Waals surface area contributed by atoms with Gasteiger partial charge in [-0.15, -0.1) is 6.07 Å². The van der Waals surface area contributed by atoms with E-state index in [0.717, 1.165) is 11.3 Å². The quantitative estimate of drug-likeness (QED) is 0.127. The first-order chi connectivity index (χ1) is 9.36. The number of halogens is 1. The fourth-order valence-electron chi connectivity index (χ4n) is 1.15. The summed E-state index contributed by atoms with van der Waals surface area (Å²) in [5.74, 6) is 0. The average molecular weight is 413 g/mol. The van der Waals surface area contributed by atoms with Gasteiger partial charge in [0.05, 0.1) is 0 Å². The maximum absolute atomic E-state index is 6.75. The van der Waals surface area contributed by atoms with Gasteiger partial charge in [0, 0.05) is 6.21 Å². The Balaban J connectivity index is 0.000000573. The molecule has 0 spiro atoms. The number of rotatable bonds is 2. The molecule has 102 valence electrons. The van der Waals surface area contributed by atoms with Crippen LogP contribution in [0.15, 0.2) is 59.6 Å². The molecule has 0 radical (unpaired) electrons. The Morgan fingerprint density at radius 1 is 1.05 bits per heavy atom. The number of hydrogen-bond donors (Lipinski definition) is 0. The molecule has 2 rings (SSSR count). The van der Waals surface area contributed by atoms with E-state index >= 15 is 0 Å². The van der Waals surface area contributed by atoms with Gasteiger partial charge in [-0.2, -0.15) is 24.3 Å². The van der Waals surface area contributed by atoms with Gasteiger partial charge in [-0.1, -0.05) is 30.3 Å². The van der Waals surface area contributed by atoms with E-state index in [1.165, 1.54) is 4.91 Å². The molecule has 0 heterocycles. The van der Waals surface area contributed by atoms with Gasteiger partial charge < -0.3 is 11.1 Å². The molecule has 6 heteroatoms. The number of para-hydroxylation sites is 1. The van der Waals surface area contributed by atoms with E-state index in [-0.39, 0.29) is 0 Å². The molecule has 0 amide bonds. The monoisotopic (exact) mass is 412 g/mol. The first-order valence-electron chi connectivity index (χ1n) is 5.02. The molecule has 4 nitrogen and oxygen atoms in total. The van der Waals surface area contributed by atoms with Crippen LogP contribution < -0.4 is 0 Å². The summed E-state index contributed by atoms with van der Waals surface area (Å²) < 4.78 is 0. The van der Waals surface area contributed by atoms with E-state index in [9.17, 15) is 0 Å². The largest absolute Gasteiger partial charge is 0.373 e. The SMILES string of the molecule is [Cu][I].[N-]=[N+]=[N-].[c-]1ccccc1N=Cc1ccccc1. The standard InChI is InChI=1S/C13H10N.Cu.HI.N3/c1-3-7-12(8-4-1)11-14-13-9-5-2-6-10-13;;;1-3-2/h1-9,11H;;1H;/q-1;+1;;-1/p-1. The van der Waals surface area contributed by atoms with Crippen LogP contribution in [0.5, 0.6) is 0 Å². The van der Waals surface area contributed by atoms with Crippen LogP contribution >= 0.6 is 20.3 Å². The van der Waals surface area contributed by atoms with Crippen molar-refractivity contribution in [3.05, 3.63) is 82.2 Å². The topological polar surface area (TPSA) is 71.1 Å². The van der Waals surface area contributed by atoms with Crippen molar-refractivity contribution in [1.82, 2.24) is 0 Å². The third-order valence-electron chi connectivity index (χ3n) is 1.84. The second-order valence-corrected chi connectivity index (χ2v) is 3.01. The molecule has 0 N–H and O–H groups in total. The second kappa shape index (κ2) is 13.1. The molecule has 0 unspecified atom stereocenters. The van der Waals surface area contributed by atoms with E-state index in [1.807, 2.05) is 60.8 Å². The average Bonchev–Trinajstić information content (AvgIpc) is 2.50. The van der Waals surface area contributed by atoms with E-state index in [0.29, 0.717) is 0 Å². The van der Waals surface area contributed by atoms with Crippen molar-refractivity contribution in [3.8, 4) is 0 Å². The normalized spacial score (nSPS) is 8.58. The van der Waals surface area contributed by atoms with E-state index in [4.69, 9.17) is 11.1 Å². The number of hydrogen-bond acceptors (Lipinski definition) is 1. The zero-order valence-corrected chi connectivity index (χ0v) is 12.8. The first-order valence-corrected chi connectivity index (χ1v) is 8.06. The van der Waals surface area contributed by atoms with Crippen molar-refractivity contribution >= 4 is 32.2 Å². The van der Waals surface area contributed by atoms with Crippen molar-refractivity contribution in [1.29, 1.82) is 0 Å². The van der Waals surface area contributed by atoms with Gasteiger partial charge in [0.25, 0.3) is 0 Å². The zero-order chi connectivity index (χ0) is 14.3. The summed E-state index contributed by atoms with van der Waals surface area (Å²) in [6.45, 7) is 0. The number of aliphatic imine (C=N–C) groups is 1. The summed E-state index contributed by atoms with van der Waals surface area (Å²) in [5, 5.41) is 0. The second-order valence-electron chi connectivity index (χ2n) is 3.01. The van der Waals surface area contributed by atoms with Crippen LogP contribution in [0.4, 0.5) is 5.69 Å². The summed E-state index contributed by atoms with van der Waals surface area (Å²) in [4.78, 5) is 5.80. The van der Waals surface area contributed by atoms with Crippen molar-refractivity contribution in [2.75, 3.05) is 0 Å². The van der Waals surface area contributed by atoms with E-state index in [2.05, 4.69) is 23.8 Å². The minimum atomic E-state index is 0.858. The van der Waals surface area contributed by atoms with Crippen molar-refractivity contribution in [2.24, 2.45) is 4.99 Å². The Morgan fingerprint density at radius 2 is 1.63 bits per heavy atom. The number of nitrogens with zero attached hydrogens (tertiary/aromatic N) is 4. The molecule has 0 saturated heterocycles. The van der Waals surface area contributed by atoms with Crippen molar-refractivity contribution in [3.63, 3.8) is 0 Å². The first kappa shape index (κ1) is 17.7. The number of benzene rings is 2. The van der Waals surface area contributed by atoms with Crippen LogP contribution in [0.1, 0.15) is 5.56 Å². The van der Waals surface area contributed by atoms with Gasteiger partial charge in [0.1, 0.15) is 0 Å². The van der Waals surface area contributed by atoms with Gasteiger partial charge in [-0.3, -0.25) is 9.90 Å². The Morgan fingerprint density at radius 3 is 2.16 bits per heavy atom. The summed E-state index contributed by atoms with van der Waals surface area (Å²) in [6, 6.07) is 20.7. The molecule has 0 saturated carbocycles. The molecular formula is C13H10CuIN4-2. The molecule has 0 fully saturated rings. The molecule has 0 aliphatic heterocycles. The Labute approximate surface area is 131 Å². The molecule has 0 aliphatic rings. The Bertz CT molecular complexity index is 455. The fourth-order valence-corrected chi connectivity index (χ4v) is 1.15. The van der Waals surface area contributed by atoms with Gasteiger partial charge in [-0.05, 0) is 11.3 Å². The van der Waals surface area contributed by atoms with Crippen LogP contribution in [0, 0.1) is 6.07 Å². The third-order valence-corrected chi connectivity index (χ3v) is 1.84. The molecule has 0 aliphatic carbocycles. The smallest absolute Gasteiger partial charge is 0.0321 e. The van der Waals surface area contributed by atoms with Crippen LogP contribution in [0.3, 0.4) is 0 Å². The van der Waals surface area contributed by atoms with Crippen LogP contribution in [-0.2, 0) is 12.8 Å². The zero-order valence-electron chi connectivity index (χ0n) is 9.74. The minimum absolute atomic E-state index is 0.858. The van der Waals surface area contributed by atoms with E-state index in [1.54, 1.807) is 20.3 Å². The minimum Gasteiger partial charge on any atom is -0.373 e. The molecule has 19 heavy (non-hydrogen) atoms. The maximum Gasteiger partial charge on any atom is 0.0321 e. The Kier molecular flexibility index (Phi) is 12.2. The van der Waals surface area contributed by atoms with Crippen LogP contribution in [-0.4, -0.2) is 6.21 Å². The summed E-state index contributed by atoms with van der Waals surface area (Å²) in [7, 11) is 0. The summed E-state index contributed by atoms with van der Waals surface area (Å²) >= 11 is 5.87. The molecular weight excluding hydrogens is 403 g/mol. The molecule has 0 bridgehead atoms. The predicted molar refractivity (Wildman–Crippen MR) is 83.1 cm³/mol. The van der Waals surface area contributed by atoms with Gasteiger partial charge in [0.2, 0.25) is 0 Å². The van der Waals surface area contributed by atoms with Crippen LogP contribution in [0.2, 0.25) is 0 Å². The predicted octanol–water partition coefficient (Wildman–Crippen LogP) is 4.99. The van der Waals surface area contributed by atoms with Gasteiger partial charge in [0.15, 0.2) is 0 Å². The van der Waals surface area contributed by atoms with E-state index < -0.39 is 0 Å². The van der Waals surface area contributed by atoms with Crippen molar-refractivity contribution < 1.29 is 12.8 Å². The maximum atomic E-state index is 6.75. The molecule has 0 atom stereocenters. The molecule has 0 aromatic heterocycles. The van der Waals surface area contributed by atoms with Gasteiger partial charge >= 0.3 is 33.1 Å². The van der Waals surface area contributed by atoms with Gasteiger partial charge in [-0.25, -0.2) is 0 Å². The van der Waals surface area contributed by atoms with Crippen molar-refractivity contribution in [2.45, 2.75) is 0 Å². The summed E-state index contributed by atoms with van der Waals surface area (Å²) in [6.07, 6.45) is 1.84.